The Balaban J connectivity index is 1.95. The van der Waals surface area contributed by atoms with E-state index in [1.807, 2.05) is 4.90 Å². The van der Waals surface area contributed by atoms with E-state index in [1.54, 1.807) is 4.90 Å². The maximum atomic E-state index is 12.3. The van der Waals surface area contributed by atoms with Gasteiger partial charge in [-0.05, 0) is 19.3 Å². The lowest BCUT2D eigenvalue weighted by Gasteiger charge is -2.28. The Labute approximate surface area is 109 Å². The highest BCUT2D eigenvalue weighted by molar-refractivity contribution is 7.91. The van der Waals surface area contributed by atoms with Crippen LogP contribution in [0.15, 0.2) is 0 Å². The molecule has 2 amide bonds. The minimum absolute atomic E-state index is 0.0361. The number of carbonyl (C=O) groups is 1. The largest absolute Gasteiger partial charge is 0.325 e. The minimum Gasteiger partial charge on any atom is -0.325 e. The molecule has 0 saturated carbocycles. The Hall–Kier alpha value is -0.780. The van der Waals surface area contributed by atoms with Crippen LogP contribution in [0.3, 0.4) is 0 Å². The first-order valence-corrected chi connectivity index (χ1v) is 8.65. The number of rotatable bonds is 0. The number of sulfone groups is 1. The molecule has 18 heavy (non-hydrogen) atoms. The molecule has 2 saturated heterocycles. The van der Waals surface area contributed by atoms with Crippen LogP contribution in [0.2, 0.25) is 0 Å². The molecular weight excluding hydrogens is 252 g/mol. The van der Waals surface area contributed by atoms with Crippen molar-refractivity contribution in [1.29, 1.82) is 0 Å². The smallest absolute Gasteiger partial charge is 0.320 e. The van der Waals surface area contributed by atoms with Gasteiger partial charge in [0.15, 0.2) is 9.84 Å². The molecule has 0 atom stereocenters. The Kier molecular flexibility index (Phi) is 4.48. The van der Waals surface area contributed by atoms with Crippen molar-refractivity contribution in [3.05, 3.63) is 0 Å². The van der Waals surface area contributed by atoms with E-state index in [2.05, 4.69) is 0 Å². The van der Waals surface area contributed by atoms with E-state index in [1.165, 1.54) is 12.8 Å². The normalized spacial score (nSPS) is 25.3. The van der Waals surface area contributed by atoms with E-state index in [0.717, 1.165) is 25.9 Å². The van der Waals surface area contributed by atoms with E-state index in [-0.39, 0.29) is 17.5 Å². The molecule has 2 aliphatic heterocycles. The van der Waals surface area contributed by atoms with Gasteiger partial charge in [-0.2, -0.15) is 0 Å². The highest BCUT2D eigenvalue weighted by Crippen LogP contribution is 2.13. The molecule has 104 valence electrons. The van der Waals surface area contributed by atoms with Gasteiger partial charge >= 0.3 is 6.03 Å². The van der Waals surface area contributed by atoms with E-state index < -0.39 is 9.84 Å². The summed E-state index contributed by atoms with van der Waals surface area (Å²) >= 11 is 0. The topological polar surface area (TPSA) is 57.7 Å². The van der Waals surface area contributed by atoms with Gasteiger partial charge in [0.2, 0.25) is 0 Å². The third-order valence-electron chi connectivity index (χ3n) is 3.70. The second-order valence-electron chi connectivity index (χ2n) is 5.18. The lowest BCUT2D eigenvalue weighted by atomic mass is 10.2. The summed E-state index contributed by atoms with van der Waals surface area (Å²) in [6, 6.07) is 0.0361. The number of carbonyl (C=O) groups excluding carboxylic acids is 1. The second kappa shape index (κ2) is 5.91. The van der Waals surface area contributed by atoms with Crippen LogP contribution in [0.25, 0.3) is 0 Å². The van der Waals surface area contributed by atoms with E-state index in [9.17, 15) is 13.2 Å². The first kappa shape index (κ1) is 13.6. The molecule has 0 bridgehead atoms. The Bertz CT molecular complexity index is 386. The maximum absolute atomic E-state index is 12.3. The molecule has 2 heterocycles. The van der Waals surface area contributed by atoms with Crippen LogP contribution in [-0.2, 0) is 9.84 Å². The molecule has 5 nitrogen and oxygen atoms in total. The number of nitrogens with zero attached hydrogens (tertiary/aromatic N) is 2. The molecule has 0 unspecified atom stereocenters. The zero-order valence-electron chi connectivity index (χ0n) is 10.8. The van der Waals surface area contributed by atoms with Gasteiger partial charge in [0, 0.05) is 26.2 Å². The Morgan fingerprint density at radius 3 is 1.94 bits per heavy atom. The number of urea groups is 1. The molecule has 0 aromatic carbocycles. The summed E-state index contributed by atoms with van der Waals surface area (Å²) in [5.41, 5.74) is 0. The summed E-state index contributed by atoms with van der Waals surface area (Å²) in [5, 5.41) is 0. The van der Waals surface area contributed by atoms with Crippen molar-refractivity contribution in [2.45, 2.75) is 32.1 Å². The van der Waals surface area contributed by atoms with Crippen molar-refractivity contribution in [1.82, 2.24) is 9.80 Å². The fourth-order valence-corrected chi connectivity index (χ4v) is 3.86. The average Bonchev–Trinajstić information content (AvgIpc) is 2.68. The molecule has 0 radical (unpaired) electrons. The van der Waals surface area contributed by atoms with Crippen molar-refractivity contribution in [3.63, 3.8) is 0 Å². The predicted molar refractivity (Wildman–Crippen MR) is 70.3 cm³/mol. The lowest BCUT2D eigenvalue weighted by molar-refractivity contribution is 0.158. The summed E-state index contributed by atoms with van der Waals surface area (Å²) in [6.07, 6.45) is 5.09. The van der Waals surface area contributed by atoms with Gasteiger partial charge in [0.1, 0.15) is 0 Å². The summed E-state index contributed by atoms with van der Waals surface area (Å²) in [6.45, 7) is 2.58. The van der Waals surface area contributed by atoms with E-state index in [0.29, 0.717) is 19.5 Å². The molecule has 2 aliphatic rings. The Morgan fingerprint density at radius 1 is 0.722 bits per heavy atom. The molecular formula is C12H22N2O3S. The van der Waals surface area contributed by atoms with Gasteiger partial charge in [-0.3, -0.25) is 0 Å². The van der Waals surface area contributed by atoms with Gasteiger partial charge < -0.3 is 9.80 Å². The van der Waals surface area contributed by atoms with E-state index >= 15 is 0 Å². The number of hydrogen-bond acceptors (Lipinski definition) is 3. The van der Waals surface area contributed by atoms with Gasteiger partial charge in [0.05, 0.1) is 11.5 Å². The van der Waals surface area contributed by atoms with Crippen molar-refractivity contribution in [3.8, 4) is 0 Å². The van der Waals surface area contributed by atoms with Gasteiger partial charge in [-0.15, -0.1) is 0 Å². The molecule has 0 aromatic heterocycles. The second-order valence-corrected chi connectivity index (χ2v) is 7.48. The lowest BCUT2D eigenvalue weighted by Crippen LogP contribution is -2.44. The number of likely N-dealkylation sites (tertiary alicyclic amines) is 1. The summed E-state index contributed by atoms with van der Waals surface area (Å²) in [5.74, 6) is 0.337. The van der Waals surface area contributed by atoms with Crippen LogP contribution in [-0.4, -0.2) is 61.9 Å². The molecule has 2 fully saturated rings. The molecule has 2 rings (SSSR count). The third kappa shape index (κ3) is 3.60. The first-order chi connectivity index (χ1) is 8.58. The summed E-state index contributed by atoms with van der Waals surface area (Å²) < 4.78 is 23.0. The quantitative estimate of drug-likeness (QED) is 0.665. The molecule has 0 N–H and O–H groups in total. The Morgan fingerprint density at radius 2 is 1.28 bits per heavy atom. The fraction of sp³-hybridized carbons (Fsp3) is 0.917. The first-order valence-electron chi connectivity index (χ1n) is 6.83. The standard InChI is InChI=1S/C12H22N2O3S/c15-12(13-6-3-1-2-4-7-13)14-8-5-10-18(16,17)11-9-14/h1-11H2. The number of hydrogen-bond donors (Lipinski definition) is 0. The highest BCUT2D eigenvalue weighted by Gasteiger charge is 2.26. The van der Waals surface area contributed by atoms with Crippen LogP contribution in [0.5, 0.6) is 0 Å². The van der Waals surface area contributed by atoms with Crippen LogP contribution in [0, 0.1) is 0 Å². The molecule has 0 aromatic rings. The zero-order valence-corrected chi connectivity index (χ0v) is 11.6. The number of amides is 2. The monoisotopic (exact) mass is 274 g/mol. The predicted octanol–water partition coefficient (Wildman–Crippen LogP) is 1.10. The van der Waals surface area contributed by atoms with Crippen molar-refractivity contribution in [2.75, 3.05) is 37.7 Å². The third-order valence-corrected chi connectivity index (χ3v) is 5.42. The van der Waals surface area contributed by atoms with Gasteiger partial charge in [-0.1, -0.05) is 12.8 Å². The van der Waals surface area contributed by atoms with Crippen LogP contribution in [0.1, 0.15) is 32.1 Å². The van der Waals surface area contributed by atoms with Gasteiger partial charge in [0.25, 0.3) is 0 Å². The van der Waals surface area contributed by atoms with Crippen molar-refractivity contribution in [2.24, 2.45) is 0 Å². The van der Waals surface area contributed by atoms with Crippen molar-refractivity contribution >= 4 is 15.9 Å². The van der Waals surface area contributed by atoms with Crippen LogP contribution >= 0.6 is 0 Å². The van der Waals surface area contributed by atoms with Crippen molar-refractivity contribution < 1.29 is 13.2 Å². The molecule has 6 heteroatoms. The fourth-order valence-electron chi connectivity index (χ4n) is 2.59. The SMILES string of the molecule is O=C(N1CCCCCC1)N1CCCS(=O)(=O)CC1. The summed E-state index contributed by atoms with van der Waals surface area (Å²) in [4.78, 5) is 15.9. The van der Waals surface area contributed by atoms with Crippen LogP contribution < -0.4 is 0 Å². The van der Waals surface area contributed by atoms with Gasteiger partial charge in [-0.25, -0.2) is 13.2 Å². The molecule has 0 spiro atoms. The van der Waals surface area contributed by atoms with E-state index in [4.69, 9.17) is 0 Å². The molecule has 0 aliphatic carbocycles. The van der Waals surface area contributed by atoms with Crippen LogP contribution in [0.4, 0.5) is 4.79 Å². The summed E-state index contributed by atoms with van der Waals surface area (Å²) in [7, 11) is -2.94. The highest BCUT2D eigenvalue weighted by atomic mass is 32.2. The zero-order chi connectivity index (χ0) is 13.0. The average molecular weight is 274 g/mol. The minimum atomic E-state index is -2.94. The maximum Gasteiger partial charge on any atom is 0.320 e.